The second-order valence-corrected chi connectivity index (χ2v) is 10.3. The molecule has 2 amide bonds. The van der Waals surface area contributed by atoms with E-state index < -0.39 is 24.5 Å². The van der Waals surface area contributed by atoms with Crippen LogP contribution in [0.3, 0.4) is 0 Å². The van der Waals surface area contributed by atoms with Crippen LogP contribution in [-0.2, 0) is 16.1 Å². The van der Waals surface area contributed by atoms with E-state index in [2.05, 4.69) is 9.64 Å². The minimum Gasteiger partial charge on any atom is -0.426 e. The number of rotatable bonds is 5. The third-order valence-corrected chi connectivity index (χ3v) is 7.42. The third-order valence-electron chi connectivity index (χ3n) is 7.19. The number of hydrogen-bond acceptors (Lipinski definition) is 5. The molecule has 0 N–H and O–H groups in total. The Labute approximate surface area is 221 Å². The van der Waals surface area contributed by atoms with Crippen LogP contribution in [0.25, 0.3) is 0 Å². The maximum absolute atomic E-state index is 12.7. The summed E-state index contributed by atoms with van der Waals surface area (Å²) in [6.45, 7) is 2.97. The van der Waals surface area contributed by atoms with Gasteiger partial charge in [0, 0.05) is 69.5 Å². The predicted molar refractivity (Wildman–Crippen MR) is 127 cm³/mol. The highest BCUT2D eigenvalue weighted by molar-refractivity contribution is 6.30. The van der Waals surface area contributed by atoms with Crippen molar-refractivity contribution >= 4 is 29.3 Å². The number of carbonyl (C=O) groups excluding carboxylic acids is 2. The Morgan fingerprint density at radius 1 is 1.00 bits per heavy atom. The molecule has 38 heavy (non-hydrogen) atoms. The molecule has 0 aromatic heterocycles. The van der Waals surface area contributed by atoms with E-state index in [4.69, 9.17) is 11.6 Å². The van der Waals surface area contributed by atoms with Crippen molar-refractivity contribution in [2.75, 3.05) is 50.7 Å². The monoisotopic (exact) mass is 570 g/mol. The fourth-order valence-corrected chi connectivity index (χ4v) is 5.38. The van der Waals surface area contributed by atoms with Gasteiger partial charge in [-0.25, -0.2) is 4.79 Å². The van der Waals surface area contributed by atoms with Gasteiger partial charge in [-0.1, -0.05) is 17.7 Å². The van der Waals surface area contributed by atoms with Crippen LogP contribution in [0.15, 0.2) is 18.2 Å². The van der Waals surface area contributed by atoms with E-state index >= 15 is 0 Å². The molecule has 7 nitrogen and oxygen atoms in total. The van der Waals surface area contributed by atoms with E-state index in [1.807, 2.05) is 21.9 Å². The number of halogens is 7. The summed E-state index contributed by atoms with van der Waals surface area (Å²) >= 11 is 6.28. The Balaban J connectivity index is 1.35. The van der Waals surface area contributed by atoms with Crippen molar-refractivity contribution in [2.45, 2.75) is 56.7 Å². The van der Waals surface area contributed by atoms with Crippen LogP contribution in [0.4, 0.5) is 36.8 Å². The van der Waals surface area contributed by atoms with Crippen molar-refractivity contribution in [1.29, 1.82) is 0 Å². The second kappa shape index (κ2) is 11.4. The number of alkyl halides is 6. The topological polar surface area (TPSA) is 56.3 Å². The van der Waals surface area contributed by atoms with Gasteiger partial charge in [-0.3, -0.25) is 9.69 Å². The second-order valence-electron chi connectivity index (χ2n) is 9.82. The summed E-state index contributed by atoms with van der Waals surface area (Å²) < 4.78 is 80.2. The van der Waals surface area contributed by atoms with Gasteiger partial charge in [-0.05, 0) is 37.0 Å². The number of piperidine rings is 1. The van der Waals surface area contributed by atoms with Crippen molar-refractivity contribution < 1.29 is 40.7 Å². The molecule has 212 valence electrons. The molecule has 0 radical (unpaired) electrons. The van der Waals surface area contributed by atoms with Gasteiger partial charge in [0.2, 0.25) is 5.91 Å². The van der Waals surface area contributed by atoms with Crippen molar-refractivity contribution in [3.05, 3.63) is 28.8 Å². The molecule has 3 aliphatic rings. The number of likely N-dealkylation sites (tertiary alicyclic amines) is 1. The number of carbonyl (C=O) groups is 2. The van der Waals surface area contributed by atoms with Gasteiger partial charge in [0.05, 0.1) is 6.04 Å². The SMILES string of the molecule is O=C(OC(C(F)(F)F)C(F)(F)F)N1CCN(Cc2ccc(Cl)cc2N2CCC(N3CCCCC3=O)C2)CC1. The predicted octanol–water partition coefficient (Wildman–Crippen LogP) is 4.68. The van der Waals surface area contributed by atoms with Gasteiger partial charge >= 0.3 is 18.4 Å². The third kappa shape index (κ3) is 6.77. The Morgan fingerprint density at radius 2 is 1.68 bits per heavy atom. The fourth-order valence-electron chi connectivity index (χ4n) is 5.22. The highest BCUT2D eigenvalue weighted by Crippen LogP contribution is 2.36. The summed E-state index contributed by atoms with van der Waals surface area (Å²) in [5.41, 5.74) is 1.87. The van der Waals surface area contributed by atoms with E-state index in [0.29, 0.717) is 24.5 Å². The van der Waals surface area contributed by atoms with Crippen LogP contribution in [0.1, 0.15) is 31.2 Å². The summed E-state index contributed by atoms with van der Waals surface area (Å²) in [6, 6.07) is 5.62. The molecule has 3 fully saturated rings. The van der Waals surface area contributed by atoms with Crippen LogP contribution < -0.4 is 4.90 Å². The maximum Gasteiger partial charge on any atom is 0.434 e. The van der Waals surface area contributed by atoms with E-state index in [-0.39, 0.29) is 38.1 Å². The van der Waals surface area contributed by atoms with Crippen LogP contribution in [0.5, 0.6) is 0 Å². The van der Waals surface area contributed by atoms with Gasteiger partial charge in [-0.15, -0.1) is 0 Å². The normalized spacial score (nSPS) is 21.9. The van der Waals surface area contributed by atoms with Crippen LogP contribution in [-0.4, -0.2) is 97.0 Å². The zero-order valence-corrected chi connectivity index (χ0v) is 21.3. The van der Waals surface area contributed by atoms with Crippen molar-refractivity contribution in [3.63, 3.8) is 0 Å². The number of piperazine rings is 1. The molecule has 0 aliphatic carbocycles. The van der Waals surface area contributed by atoms with E-state index in [1.54, 1.807) is 6.07 Å². The van der Waals surface area contributed by atoms with Crippen LogP contribution in [0, 0.1) is 0 Å². The average Bonchev–Trinajstić information content (AvgIpc) is 3.32. The van der Waals surface area contributed by atoms with E-state index in [0.717, 1.165) is 48.5 Å². The van der Waals surface area contributed by atoms with Crippen molar-refractivity contribution in [1.82, 2.24) is 14.7 Å². The molecule has 14 heteroatoms. The first-order valence-corrected chi connectivity index (χ1v) is 12.8. The lowest BCUT2D eigenvalue weighted by Crippen LogP contribution is -2.52. The molecule has 1 unspecified atom stereocenters. The smallest absolute Gasteiger partial charge is 0.426 e. The lowest BCUT2D eigenvalue weighted by molar-refractivity contribution is -0.308. The first-order chi connectivity index (χ1) is 17.8. The lowest BCUT2D eigenvalue weighted by Gasteiger charge is -2.36. The number of nitrogens with zero attached hydrogens (tertiary/aromatic N) is 4. The highest BCUT2D eigenvalue weighted by Gasteiger charge is 2.60. The fraction of sp³-hybridized carbons (Fsp3) is 0.667. The number of benzene rings is 1. The summed E-state index contributed by atoms with van der Waals surface area (Å²) in [5, 5.41) is 0.553. The first-order valence-electron chi connectivity index (χ1n) is 12.5. The van der Waals surface area contributed by atoms with E-state index in [9.17, 15) is 35.9 Å². The van der Waals surface area contributed by atoms with Crippen LogP contribution in [0.2, 0.25) is 5.02 Å². The molecule has 1 aromatic rings. The summed E-state index contributed by atoms with van der Waals surface area (Å²) in [6.07, 6.45) is -14.0. The molecule has 1 aromatic carbocycles. The van der Waals surface area contributed by atoms with Crippen molar-refractivity contribution in [3.8, 4) is 0 Å². The van der Waals surface area contributed by atoms with E-state index in [1.165, 1.54) is 0 Å². The summed E-state index contributed by atoms with van der Waals surface area (Å²) in [5.74, 6) is 0.183. The lowest BCUT2D eigenvalue weighted by atomic mass is 10.1. The Kier molecular flexibility index (Phi) is 8.55. The molecule has 4 rings (SSSR count). The van der Waals surface area contributed by atoms with Gasteiger partial charge in [0.1, 0.15) is 0 Å². The number of ether oxygens (including phenoxy) is 1. The molecule has 3 heterocycles. The minimum absolute atomic E-state index is 0.0763. The van der Waals surface area contributed by atoms with Gasteiger partial charge in [-0.2, -0.15) is 26.3 Å². The molecule has 3 saturated heterocycles. The molecule has 0 bridgehead atoms. The number of anilines is 1. The zero-order chi connectivity index (χ0) is 27.7. The summed E-state index contributed by atoms with van der Waals surface area (Å²) in [4.78, 5) is 31.4. The number of hydrogen-bond donors (Lipinski definition) is 0. The minimum atomic E-state index is -5.75. The molecular formula is C24H29ClF6N4O3. The first kappa shape index (κ1) is 28.6. The average molecular weight is 571 g/mol. The van der Waals surface area contributed by atoms with Crippen LogP contribution >= 0.6 is 11.6 Å². The standard InChI is InChI=1S/C24H29ClF6N4O3/c25-17-5-4-16(19(13-17)34-8-6-18(15-34)35-7-2-1-3-20(35)36)14-32-9-11-33(12-10-32)22(37)38-21(23(26,27)28)24(29,30)31/h4-5,13,18,21H,1-3,6-12,14-15H2. The van der Waals surface area contributed by atoms with Gasteiger partial charge < -0.3 is 19.4 Å². The largest absolute Gasteiger partial charge is 0.434 e. The molecule has 0 spiro atoms. The molecule has 3 aliphatic heterocycles. The Morgan fingerprint density at radius 3 is 2.32 bits per heavy atom. The van der Waals surface area contributed by atoms with Gasteiger partial charge in [0.25, 0.3) is 6.10 Å². The van der Waals surface area contributed by atoms with Crippen molar-refractivity contribution in [2.24, 2.45) is 0 Å². The molecular weight excluding hydrogens is 542 g/mol. The van der Waals surface area contributed by atoms with Gasteiger partial charge in [0.15, 0.2) is 0 Å². The molecule has 1 atom stereocenters. The summed E-state index contributed by atoms with van der Waals surface area (Å²) in [7, 11) is 0. The number of amides is 2. The molecule has 0 saturated carbocycles. The quantitative estimate of drug-likeness (QED) is 0.481. The zero-order valence-electron chi connectivity index (χ0n) is 20.5. The Bertz CT molecular complexity index is 1000. The highest BCUT2D eigenvalue weighted by atomic mass is 35.5. The Hall–Kier alpha value is -2.41. The maximum atomic E-state index is 12.7.